The van der Waals surface area contributed by atoms with Gasteiger partial charge in [-0.1, -0.05) is 0 Å². The summed E-state index contributed by atoms with van der Waals surface area (Å²) in [5, 5.41) is 0. The first-order valence-electron chi connectivity index (χ1n) is 0.707. The Morgan fingerprint density at radius 1 is 1.25 bits per heavy atom. The minimum absolute atomic E-state index is 0. The van der Waals surface area contributed by atoms with E-state index in [1.54, 1.807) is 6.92 Å². The van der Waals surface area contributed by atoms with E-state index in [9.17, 15) is 0 Å². The molecule has 0 nitrogen and oxygen atoms in total. The molecule has 0 aromatic rings. The van der Waals surface area contributed by atoms with Crippen LogP contribution >= 0.6 is 0 Å². The molecule has 0 amide bonds. The number of hydrogen-bond donors (Lipinski definition) is 0. The number of hydrogen-bond acceptors (Lipinski definition) is 0. The monoisotopic (exact) mass is 131 g/mol. The summed E-state index contributed by atoms with van der Waals surface area (Å²) in [7, 11) is 0. The van der Waals surface area contributed by atoms with E-state index in [2.05, 4.69) is 6.92 Å². The molecule has 0 aliphatic carbocycles. The average Bonchev–Trinajstić information content (AvgIpc) is 1.00. The molecule has 0 rings (SSSR count). The Bertz CT molecular complexity index is 3.25. The fourth-order valence-electron chi connectivity index (χ4n) is 0. The topological polar surface area (TPSA) is 0 Å². The molecule has 0 N–H and O–H groups in total. The molecule has 0 saturated carbocycles. The quantitative estimate of drug-likeness (QED) is 0.431. The van der Waals surface area contributed by atoms with Crippen LogP contribution in [-0.2, 0) is 32.7 Å². The van der Waals surface area contributed by atoms with Gasteiger partial charge >= 0.3 is 0 Å². The van der Waals surface area contributed by atoms with Crippen molar-refractivity contribution in [3.63, 3.8) is 0 Å². The molecule has 0 unspecified atom stereocenters. The van der Waals surface area contributed by atoms with Gasteiger partial charge in [-0.25, -0.2) is 0 Å². The summed E-state index contributed by atoms with van der Waals surface area (Å²) in [5.74, 6) is 0. The third-order valence-electron chi connectivity index (χ3n) is 0. The second-order valence-electron chi connectivity index (χ2n) is 0. The van der Waals surface area contributed by atoms with Gasteiger partial charge < -0.3 is 14.4 Å². The SMILES string of the molecule is [CH-].[CH2-]C.[Y]. The fourth-order valence-corrected chi connectivity index (χ4v) is 0. The van der Waals surface area contributed by atoms with Crippen LogP contribution in [0.4, 0.5) is 0 Å². The summed E-state index contributed by atoms with van der Waals surface area (Å²) >= 11 is 0. The van der Waals surface area contributed by atoms with Crippen LogP contribution in [0.1, 0.15) is 6.92 Å². The van der Waals surface area contributed by atoms with Crippen molar-refractivity contribution in [2.75, 3.05) is 0 Å². The van der Waals surface area contributed by atoms with Crippen molar-refractivity contribution in [1.82, 2.24) is 0 Å². The maximum absolute atomic E-state index is 3.25. The zero-order chi connectivity index (χ0) is 2.00. The molecule has 23 valence electrons. The van der Waals surface area contributed by atoms with E-state index < -0.39 is 0 Å². The van der Waals surface area contributed by atoms with E-state index in [4.69, 9.17) is 0 Å². The van der Waals surface area contributed by atoms with Crippen molar-refractivity contribution >= 4 is 0 Å². The van der Waals surface area contributed by atoms with E-state index in [1.807, 2.05) is 0 Å². The predicted molar refractivity (Wildman–Crippen MR) is 15.3 cm³/mol. The van der Waals surface area contributed by atoms with Crippen LogP contribution in [0.3, 0.4) is 0 Å². The second kappa shape index (κ2) is 32.4. The summed E-state index contributed by atoms with van der Waals surface area (Å²) < 4.78 is 0. The molecule has 0 aliphatic rings. The fraction of sp³-hybridized carbons (Fsp3) is 0.333. The summed E-state index contributed by atoms with van der Waals surface area (Å²) in [6, 6.07) is 0. The minimum Gasteiger partial charge on any atom is -0.726 e. The summed E-state index contributed by atoms with van der Waals surface area (Å²) in [5.41, 5.74) is 0. The van der Waals surface area contributed by atoms with Gasteiger partial charge in [0.1, 0.15) is 0 Å². The van der Waals surface area contributed by atoms with Gasteiger partial charge in [-0.15, -0.1) is 0 Å². The molecule has 0 heterocycles. The Morgan fingerprint density at radius 3 is 1.25 bits per heavy atom. The van der Waals surface area contributed by atoms with Gasteiger partial charge in [-0.2, -0.15) is 6.92 Å². The zero-order valence-electron chi connectivity index (χ0n) is 2.86. The Hall–Kier alpha value is 1.10. The normalized spacial score (nSPS) is 1.50. The Balaban J connectivity index is -0.00000000500. The molecule has 4 heavy (non-hydrogen) atoms. The van der Waals surface area contributed by atoms with Crippen LogP contribution < -0.4 is 0 Å². The summed E-state index contributed by atoms with van der Waals surface area (Å²) in [4.78, 5) is 0. The van der Waals surface area contributed by atoms with E-state index in [1.165, 1.54) is 0 Å². The molecule has 0 aromatic carbocycles. The van der Waals surface area contributed by atoms with Gasteiger partial charge in [0.05, 0.1) is 0 Å². The molecule has 1 heteroatoms. The van der Waals surface area contributed by atoms with Gasteiger partial charge in [0.2, 0.25) is 0 Å². The summed E-state index contributed by atoms with van der Waals surface area (Å²) in [6.07, 6.45) is 0. The molecule has 0 spiro atoms. The maximum Gasteiger partial charge on any atom is 0 e. The molecule has 0 saturated heterocycles. The van der Waals surface area contributed by atoms with Crippen LogP contribution in [0.5, 0.6) is 0 Å². The second-order valence-corrected chi connectivity index (χ2v) is 0. The van der Waals surface area contributed by atoms with Gasteiger partial charge in [0.15, 0.2) is 0 Å². The molecule has 0 aromatic heterocycles. The first kappa shape index (κ1) is 19.4. The Labute approximate surface area is 53.9 Å². The Kier molecular flexibility index (Phi) is 158. The first-order valence-corrected chi connectivity index (χ1v) is 0.707. The zero-order valence-corrected chi connectivity index (χ0v) is 5.70. The van der Waals surface area contributed by atoms with Crippen molar-refractivity contribution in [3.05, 3.63) is 14.4 Å². The third-order valence-corrected chi connectivity index (χ3v) is 0. The molecular formula is C3H6Y-2. The standard InChI is InChI=1S/C2H5.CH.Y/c1-2;;/h1H2,2H3;1H;/q2*-1;. The van der Waals surface area contributed by atoms with Crippen LogP contribution in [0.25, 0.3) is 0 Å². The van der Waals surface area contributed by atoms with Crippen LogP contribution in [0.15, 0.2) is 0 Å². The first-order chi connectivity index (χ1) is 1.00. The van der Waals surface area contributed by atoms with Crippen molar-refractivity contribution < 1.29 is 32.7 Å². The van der Waals surface area contributed by atoms with Gasteiger partial charge in [-0.3, -0.25) is 0 Å². The van der Waals surface area contributed by atoms with E-state index >= 15 is 0 Å². The third kappa shape index (κ3) is 11.3. The predicted octanol–water partition coefficient (Wildman–Crippen LogP) is 1.04. The van der Waals surface area contributed by atoms with Crippen LogP contribution in [0, 0.1) is 14.4 Å². The Morgan fingerprint density at radius 2 is 1.25 bits per heavy atom. The molecule has 0 bridgehead atoms. The van der Waals surface area contributed by atoms with Gasteiger partial charge in [0.25, 0.3) is 0 Å². The number of rotatable bonds is 0. The smallest absolute Gasteiger partial charge is 0 e. The summed E-state index contributed by atoms with van der Waals surface area (Å²) in [6.45, 7) is 5.00. The van der Waals surface area contributed by atoms with Gasteiger partial charge in [-0.05, 0) is 0 Å². The largest absolute Gasteiger partial charge is 0.726 e. The van der Waals surface area contributed by atoms with Crippen LogP contribution in [0.2, 0.25) is 0 Å². The molecular weight excluding hydrogens is 125 g/mol. The molecule has 0 aliphatic heterocycles. The molecule has 3 radical (unpaired) electrons. The van der Waals surface area contributed by atoms with Gasteiger partial charge in [0, 0.05) is 32.7 Å². The molecule has 0 atom stereocenters. The van der Waals surface area contributed by atoms with Crippen molar-refractivity contribution in [2.45, 2.75) is 6.92 Å². The van der Waals surface area contributed by atoms with E-state index in [0.717, 1.165) is 0 Å². The average molecular weight is 131 g/mol. The van der Waals surface area contributed by atoms with Crippen molar-refractivity contribution in [1.29, 1.82) is 0 Å². The van der Waals surface area contributed by atoms with Crippen LogP contribution in [-0.4, -0.2) is 0 Å². The molecule has 0 fully saturated rings. The minimum atomic E-state index is 0. The van der Waals surface area contributed by atoms with E-state index in [-0.39, 0.29) is 40.1 Å². The van der Waals surface area contributed by atoms with Crippen molar-refractivity contribution in [2.24, 2.45) is 0 Å². The van der Waals surface area contributed by atoms with E-state index in [0.29, 0.717) is 0 Å². The van der Waals surface area contributed by atoms with Crippen molar-refractivity contribution in [3.8, 4) is 0 Å². The maximum atomic E-state index is 3.25.